The van der Waals surface area contributed by atoms with Crippen LogP contribution in [0.5, 0.6) is 0 Å². The Morgan fingerprint density at radius 2 is 0.941 bits per heavy atom. The first kappa shape index (κ1) is 88.9. The molecule has 1 amide bonds. The third kappa shape index (κ3) is 44.1. The SMILES string of the molecule is NN=C(C=NCCOCCOCCOCCOC[C@H]1OCC[C@@H](O)[C@H]1O)COCC(COC/C(N)=C/NCCOCCOCCOCCOC[C@H]1OCC[C@@H](O)[C@H]1O)(COC/C(N)=C/N(N)CCOCCOCCOCCOC[C@H]1OCC[C@@H](O)[C@H]1O)NC(=O)CCCOCc1ccccc1. The summed E-state index contributed by atoms with van der Waals surface area (Å²) in [4.78, 5) is 18.3. The molecule has 3 heterocycles. The van der Waals surface area contributed by atoms with Crippen LogP contribution in [0, 0.1) is 0 Å². The van der Waals surface area contributed by atoms with E-state index in [2.05, 4.69) is 20.7 Å². The van der Waals surface area contributed by atoms with Gasteiger partial charge in [-0.2, -0.15) is 5.10 Å². The third-order valence-corrected chi connectivity index (χ3v) is 15.2. The van der Waals surface area contributed by atoms with Crippen LogP contribution in [0.25, 0.3) is 0 Å². The van der Waals surface area contributed by atoms with Crippen molar-refractivity contribution in [3.8, 4) is 0 Å². The highest BCUT2D eigenvalue weighted by Gasteiger charge is 2.36. The zero-order valence-corrected chi connectivity index (χ0v) is 58.7. The van der Waals surface area contributed by atoms with Gasteiger partial charge in [0.15, 0.2) is 0 Å². The lowest BCUT2D eigenvalue weighted by atomic mass is 10.0. The third-order valence-electron chi connectivity index (χ3n) is 15.2. The van der Waals surface area contributed by atoms with Crippen molar-refractivity contribution >= 4 is 17.8 Å². The number of nitrogens with zero attached hydrogens (tertiary/aromatic N) is 3. The number of aliphatic hydroxyl groups excluding tert-OH is 6. The first-order valence-electron chi connectivity index (χ1n) is 34.7. The van der Waals surface area contributed by atoms with Gasteiger partial charge >= 0.3 is 0 Å². The summed E-state index contributed by atoms with van der Waals surface area (Å²) in [5, 5.41) is 70.9. The molecule has 0 aliphatic carbocycles. The normalized spacial score (nSPS) is 22.2. The molecule has 0 radical (unpaired) electrons. The maximum Gasteiger partial charge on any atom is 0.220 e. The van der Waals surface area contributed by atoms with Crippen LogP contribution in [0.1, 0.15) is 37.7 Å². The Bertz CT molecular complexity index is 2300. The Labute approximate surface area is 593 Å². The van der Waals surface area contributed by atoms with E-state index in [1.54, 1.807) is 6.20 Å². The zero-order valence-electron chi connectivity index (χ0n) is 58.7. The number of aliphatic imine (C=N–C) groups is 1. The van der Waals surface area contributed by atoms with E-state index in [1.165, 1.54) is 17.4 Å². The van der Waals surface area contributed by atoms with Crippen LogP contribution in [-0.2, 0) is 101 Å². The van der Waals surface area contributed by atoms with Gasteiger partial charge in [-0.1, -0.05) is 30.3 Å². The molecule has 10 atom stereocenters. The first-order chi connectivity index (χ1) is 49.3. The number of aliphatic hydroxyl groups is 6. The summed E-state index contributed by atoms with van der Waals surface area (Å²) in [5.41, 5.74) is 13.4. The summed E-state index contributed by atoms with van der Waals surface area (Å²) in [6, 6.07) is 9.71. The average molecular weight is 1450 g/mol. The molecule has 4 rings (SSSR count). The van der Waals surface area contributed by atoms with E-state index in [4.69, 9.17) is 113 Å². The minimum Gasteiger partial charge on any atom is -0.399 e. The van der Waals surface area contributed by atoms with Crippen LogP contribution >= 0.6 is 0 Å². The second-order valence-electron chi connectivity index (χ2n) is 23.7. The molecular weight excluding hydrogens is 1330 g/mol. The second-order valence-corrected chi connectivity index (χ2v) is 23.7. The van der Waals surface area contributed by atoms with E-state index in [0.29, 0.717) is 202 Å². The minimum atomic E-state index is -1.33. The molecule has 3 aliphatic heterocycles. The number of amides is 1. The van der Waals surface area contributed by atoms with Gasteiger partial charge < -0.3 is 154 Å². The van der Waals surface area contributed by atoms with E-state index < -0.39 is 60.5 Å². The van der Waals surface area contributed by atoms with Crippen molar-refractivity contribution in [3.05, 3.63) is 59.7 Å². The summed E-state index contributed by atoms with van der Waals surface area (Å²) in [6.45, 7) is 9.58. The molecule has 1 aromatic carbocycles. The van der Waals surface area contributed by atoms with Crippen LogP contribution in [-0.4, -0.2) is 358 Å². The van der Waals surface area contributed by atoms with Crippen LogP contribution in [0.3, 0.4) is 0 Å². The number of benzene rings is 1. The molecule has 3 fully saturated rings. The average Bonchev–Trinajstić information content (AvgIpc) is 0.877. The highest BCUT2D eigenvalue weighted by Crippen LogP contribution is 2.18. The Balaban J connectivity index is 1.22. The molecule has 0 spiro atoms. The molecule has 16 N–H and O–H groups in total. The van der Waals surface area contributed by atoms with Crippen LogP contribution < -0.4 is 33.8 Å². The van der Waals surface area contributed by atoms with E-state index in [0.717, 1.165) is 5.56 Å². The quantitative estimate of drug-likeness (QED) is 0.0130. The van der Waals surface area contributed by atoms with Crippen molar-refractivity contribution in [3.63, 3.8) is 0 Å². The molecule has 1 aromatic rings. The van der Waals surface area contributed by atoms with Gasteiger partial charge in [-0.15, -0.1) is 0 Å². The summed E-state index contributed by atoms with van der Waals surface area (Å²) in [6.07, 6.45) is -0.787. The fourth-order valence-corrected chi connectivity index (χ4v) is 9.62. The van der Waals surface area contributed by atoms with E-state index >= 15 is 0 Å². The predicted molar refractivity (Wildman–Crippen MR) is 366 cm³/mol. The predicted octanol–water partition coefficient (Wildman–Crippen LogP) is -3.63. The fourth-order valence-electron chi connectivity index (χ4n) is 9.62. The summed E-state index contributed by atoms with van der Waals surface area (Å²) in [5.74, 6) is 11.7. The van der Waals surface area contributed by atoms with Crippen LogP contribution in [0.4, 0.5) is 0 Å². The van der Waals surface area contributed by atoms with Gasteiger partial charge in [0.05, 0.1) is 248 Å². The second kappa shape index (κ2) is 58.7. The number of ether oxygens (including phenoxy) is 19. The molecule has 35 heteroatoms. The molecular formula is C66H119N9O26. The number of carbonyl (C=O) groups is 1. The van der Waals surface area contributed by atoms with Crippen molar-refractivity contribution in [2.45, 2.75) is 99.2 Å². The van der Waals surface area contributed by atoms with Gasteiger partial charge in [-0.3, -0.25) is 9.79 Å². The van der Waals surface area contributed by atoms with Gasteiger partial charge in [0.1, 0.15) is 47.9 Å². The first-order valence-corrected chi connectivity index (χ1v) is 34.7. The molecule has 3 saturated heterocycles. The van der Waals surface area contributed by atoms with Crippen LogP contribution in [0.2, 0.25) is 0 Å². The van der Waals surface area contributed by atoms with Crippen molar-refractivity contribution in [1.29, 1.82) is 0 Å². The Morgan fingerprint density at radius 3 is 1.41 bits per heavy atom. The van der Waals surface area contributed by atoms with Gasteiger partial charge in [0.2, 0.25) is 5.91 Å². The van der Waals surface area contributed by atoms with Gasteiger partial charge in [-0.05, 0) is 31.2 Å². The molecule has 35 nitrogen and oxygen atoms in total. The molecule has 0 bridgehead atoms. The number of nitrogens with two attached hydrogens (primary N) is 4. The number of hydrogen-bond donors (Lipinski definition) is 12. The van der Waals surface area contributed by atoms with Gasteiger partial charge in [0.25, 0.3) is 0 Å². The van der Waals surface area contributed by atoms with Crippen LogP contribution in [0.15, 0.2) is 64.2 Å². The number of hydrazine groups is 1. The van der Waals surface area contributed by atoms with E-state index in [9.17, 15) is 35.4 Å². The number of nitrogens with one attached hydrogen (secondary N) is 2. The topological polar surface area (TPSA) is 470 Å². The van der Waals surface area contributed by atoms with Crippen molar-refractivity contribution in [2.75, 3.05) is 244 Å². The Morgan fingerprint density at radius 1 is 0.525 bits per heavy atom. The Kier molecular flexibility index (Phi) is 51.7. The molecule has 101 heavy (non-hydrogen) atoms. The van der Waals surface area contributed by atoms with Crippen molar-refractivity contribution in [2.24, 2.45) is 33.2 Å². The number of hydrazone groups is 1. The lowest BCUT2D eigenvalue weighted by Crippen LogP contribution is -2.59. The largest absolute Gasteiger partial charge is 0.399 e. The molecule has 3 aliphatic rings. The monoisotopic (exact) mass is 1450 g/mol. The number of rotatable bonds is 64. The van der Waals surface area contributed by atoms with E-state index in [1.807, 2.05) is 30.3 Å². The van der Waals surface area contributed by atoms with Gasteiger partial charge in [-0.25, -0.2) is 5.84 Å². The van der Waals surface area contributed by atoms with Gasteiger partial charge in [0, 0.05) is 58.0 Å². The highest BCUT2D eigenvalue weighted by molar-refractivity contribution is 6.31. The zero-order chi connectivity index (χ0) is 72.5. The lowest BCUT2D eigenvalue weighted by Gasteiger charge is -2.34. The maximum absolute atomic E-state index is 13.9. The highest BCUT2D eigenvalue weighted by atomic mass is 16.6. The summed E-state index contributed by atoms with van der Waals surface area (Å²) in [7, 11) is 0. The number of carbonyl (C=O) groups excluding carboxylic acids is 1. The standard InChI is InChI=1S/C66H119N9O26/c67-53(39-71-11-18-83-21-24-86-27-30-89-33-36-93-46-59-63(80)56(76)8-15-99-59)43-96-49-66(73-62(79)7-4-14-92-42-52-5-2-1-3-6-52,50-97-44-54(68)41-75(70)13-20-85-23-26-88-29-32-91-35-38-95-48-61-65(82)58(78)10-17-101-61)51-98-45-55(74-69)40-72-12-19-84-22-25-87-28-31-90-34-37-94-47-60-64(81)57(77)9-16-100-60/h1-3,5-6,39-41,56-61,63-65,71,76-78,80-82H,4,7-38,42-51,67-70H2,(H,73,79)/b53-39-,54-41-,72-40?,74-55?/t56-,57-,58-,59-,60-,61-,63-,64-,65-,66?/m1/s1. The summed E-state index contributed by atoms with van der Waals surface area (Å²) < 4.78 is 108. The van der Waals surface area contributed by atoms with Crippen molar-refractivity contribution < 1.29 is 125 Å². The lowest BCUT2D eigenvalue weighted by molar-refractivity contribution is -0.156. The molecule has 0 saturated carbocycles. The smallest absolute Gasteiger partial charge is 0.220 e. The maximum atomic E-state index is 13.9. The fraction of sp³-hybridized carbons (Fsp3) is 0.803. The molecule has 0 aromatic heterocycles. The summed E-state index contributed by atoms with van der Waals surface area (Å²) >= 11 is 0. The molecule has 1 unspecified atom stereocenters. The number of hydrogen-bond acceptors (Lipinski definition) is 34. The molecule has 584 valence electrons. The van der Waals surface area contributed by atoms with E-state index in [-0.39, 0.29) is 104 Å². The van der Waals surface area contributed by atoms with Crippen molar-refractivity contribution in [1.82, 2.24) is 15.6 Å². The Hall–Kier alpha value is -4.53. The minimum absolute atomic E-state index is 0.0520.